The van der Waals surface area contributed by atoms with E-state index in [1.165, 1.54) is 0 Å². The van der Waals surface area contributed by atoms with Crippen LogP contribution in [0.3, 0.4) is 0 Å². The number of carbonyl (C=O) groups is 1. The van der Waals surface area contributed by atoms with Crippen molar-refractivity contribution in [2.24, 2.45) is 10.4 Å². The number of rotatable bonds is 4. The molecule has 3 aliphatic heterocycles. The predicted molar refractivity (Wildman–Crippen MR) is 136 cm³/mol. The highest BCUT2D eigenvalue weighted by Gasteiger charge is 2.42. The maximum absolute atomic E-state index is 12.8. The molecule has 0 aliphatic carbocycles. The number of halogens is 2. The molecule has 1 aromatic carbocycles. The van der Waals surface area contributed by atoms with Gasteiger partial charge in [0, 0.05) is 68.5 Å². The lowest BCUT2D eigenvalue weighted by atomic mass is 9.87. The lowest BCUT2D eigenvalue weighted by Crippen LogP contribution is -2.49. The van der Waals surface area contributed by atoms with Gasteiger partial charge in [-0.1, -0.05) is 11.6 Å². The number of anilines is 1. The third kappa shape index (κ3) is 5.96. The van der Waals surface area contributed by atoms with E-state index in [9.17, 15) is 4.79 Å². The summed E-state index contributed by atoms with van der Waals surface area (Å²) in [5, 5.41) is 4.11. The molecular weight excluding hydrogens is 529 g/mol. The fraction of sp³-hybridized carbons (Fsp3) is 0.636. The van der Waals surface area contributed by atoms with Gasteiger partial charge in [0.25, 0.3) is 0 Å². The standard InChI is InChI=1S/C22H32ClN5O2.HI/c1-2-24-21(28-9-7-22(16-28)8-14-30-17-22)25-15-20(29)27-12-10-26(11-13-27)19-5-3-18(23)4-6-19;/h3-6H,2,7-17H2,1H3,(H,24,25);1H. The summed E-state index contributed by atoms with van der Waals surface area (Å²) in [4.78, 5) is 24.0. The number of nitrogens with zero attached hydrogens (tertiary/aromatic N) is 4. The van der Waals surface area contributed by atoms with Crippen LogP contribution < -0.4 is 10.2 Å². The smallest absolute Gasteiger partial charge is 0.244 e. The van der Waals surface area contributed by atoms with Crippen LogP contribution in [0.15, 0.2) is 29.3 Å². The van der Waals surface area contributed by atoms with Crippen molar-refractivity contribution in [3.05, 3.63) is 29.3 Å². The van der Waals surface area contributed by atoms with Crippen molar-refractivity contribution >= 4 is 53.1 Å². The molecule has 1 atom stereocenters. The van der Waals surface area contributed by atoms with Crippen LogP contribution in [-0.2, 0) is 9.53 Å². The van der Waals surface area contributed by atoms with Crippen LogP contribution in [0.2, 0.25) is 5.02 Å². The summed E-state index contributed by atoms with van der Waals surface area (Å²) in [5.41, 5.74) is 1.43. The van der Waals surface area contributed by atoms with E-state index in [1.807, 2.05) is 29.2 Å². The Hall–Kier alpha value is -1.26. The van der Waals surface area contributed by atoms with Gasteiger partial charge in [-0.15, -0.1) is 24.0 Å². The van der Waals surface area contributed by atoms with Gasteiger partial charge in [-0.05, 0) is 44.0 Å². The SMILES string of the molecule is CCNC(=NCC(=O)N1CCN(c2ccc(Cl)cc2)CC1)N1CCC2(CCOC2)C1.I. The second-order valence-corrected chi connectivity index (χ2v) is 8.92. The second kappa shape index (κ2) is 11.0. The van der Waals surface area contributed by atoms with Gasteiger partial charge >= 0.3 is 0 Å². The fourth-order valence-electron chi connectivity index (χ4n) is 4.62. The van der Waals surface area contributed by atoms with Gasteiger partial charge in [0.05, 0.1) is 6.61 Å². The van der Waals surface area contributed by atoms with Crippen molar-refractivity contribution in [1.82, 2.24) is 15.1 Å². The molecule has 1 aromatic rings. The topological polar surface area (TPSA) is 60.4 Å². The van der Waals surface area contributed by atoms with Crippen molar-refractivity contribution in [2.45, 2.75) is 19.8 Å². The molecule has 3 fully saturated rings. The van der Waals surface area contributed by atoms with Crippen LogP contribution >= 0.6 is 35.6 Å². The zero-order valence-electron chi connectivity index (χ0n) is 18.2. The molecule has 0 radical (unpaired) electrons. The molecule has 1 N–H and O–H groups in total. The molecule has 0 bridgehead atoms. The Morgan fingerprint density at radius 3 is 2.52 bits per heavy atom. The number of piperazine rings is 1. The van der Waals surface area contributed by atoms with Crippen LogP contribution in [0.4, 0.5) is 5.69 Å². The number of carbonyl (C=O) groups excluding carboxylic acids is 1. The molecule has 1 amide bonds. The highest BCUT2D eigenvalue weighted by atomic mass is 127. The fourth-order valence-corrected chi connectivity index (χ4v) is 4.75. The van der Waals surface area contributed by atoms with Gasteiger partial charge in [0.2, 0.25) is 5.91 Å². The number of hydrogen-bond donors (Lipinski definition) is 1. The molecule has 172 valence electrons. The summed E-state index contributed by atoms with van der Waals surface area (Å²) in [6.07, 6.45) is 2.26. The van der Waals surface area contributed by atoms with Gasteiger partial charge in [-0.2, -0.15) is 0 Å². The molecule has 4 rings (SSSR count). The number of benzene rings is 1. The largest absolute Gasteiger partial charge is 0.381 e. The first-order chi connectivity index (χ1) is 14.6. The summed E-state index contributed by atoms with van der Waals surface area (Å²) < 4.78 is 5.64. The number of amides is 1. The van der Waals surface area contributed by atoms with Gasteiger partial charge in [0.1, 0.15) is 6.54 Å². The normalized spacial score (nSPS) is 23.9. The molecule has 1 spiro atoms. The highest BCUT2D eigenvalue weighted by molar-refractivity contribution is 14.0. The van der Waals surface area contributed by atoms with E-state index in [4.69, 9.17) is 16.3 Å². The molecule has 7 nitrogen and oxygen atoms in total. The van der Waals surface area contributed by atoms with Crippen LogP contribution in [0, 0.1) is 5.41 Å². The average molecular weight is 562 g/mol. The van der Waals surface area contributed by atoms with Gasteiger partial charge in [0.15, 0.2) is 5.96 Å². The molecule has 9 heteroatoms. The van der Waals surface area contributed by atoms with E-state index in [-0.39, 0.29) is 41.8 Å². The third-order valence-corrected chi connectivity index (χ3v) is 6.70. The predicted octanol–water partition coefficient (Wildman–Crippen LogP) is 2.68. The number of likely N-dealkylation sites (tertiary alicyclic amines) is 1. The zero-order valence-corrected chi connectivity index (χ0v) is 21.3. The lowest BCUT2D eigenvalue weighted by molar-refractivity contribution is -0.129. The first-order valence-corrected chi connectivity index (χ1v) is 11.4. The van der Waals surface area contributed by atoms with Crippen LogP contribution in [0.1, 0.15) is 19.8 Å². The van der Waals surface area contributed by atoms with Crippen molar-refractivity contribution in [3.63, 3.8) is 0 Å². The minimum atomic E-state index is 0. The quantitative estimate of drug-likeness (QED) is 0.348. The Morgan fingerprint density at radius 2 is 1.87 bits per heavy atom. The maximum Gasteiger partial charge on any atom is 0.244 e. The monoisotopic (exact) mass is 561 g/mol. The number of hydrogen-bond acceptors (Lipinski definition) is 4. The Bertz CT molecular complexity index is 762. The molecule has 0 aromatic heterocycles. The number of aliphatic imine (C=N–C) groups is 1. The Balaban J connectivity index is 0.00000272. The summed E-state index contributed by atoms with van der Waals surface area (Å²) >= 11 is 5.98. The first-order valence-electron chi connectivity index (χ1n) is 11.0. The lowest BCUT2D eigenvalue weighted by Gasteiger charge is -2.36. The summed E-state index contributed by atoms with van der Waals surface area (Å²) in [7, 11) is 0. The van der Waals surface area contributed by atoms with Crippen molar-refractivity contribution in [2.75, 3.05) is 70.5 Å². The Kier molecular flexibility index (Phi) is 8.69. The maximum atomic E-state index is 12.8. The Labute approximate surface area is 207 Å². The second-order valence-electron chi connectivity index (χ2n) is 8.49. The minimum Gasteiger partial charge on any atom is -0.381 e. The van der Waals surface area contributed by atoms with Crippen LogP contribution in [0.25, 0.3) is 0 Å². The number of nitrogens with one attached hydrogen (secondary N) is 1. The van der Waals surface area contributed by atoms with E-state index in [0.717, 1.165) is 88.5 Å². The van der Waals surface area contributed by atoms with Crippen LogP contribution in [0.5, 0.6) is 0 Å². The van der Waals surface area contributed by atoms with E-state index < -0.39 is 0 Å². The summed E-state index contributed by atoms with van der Waals surface area (Å²) in [6.45, 7) is 9.80. The molecular formula is C22H33ClIN5O2. The van der Waals surface area contributed by atoms with Crippen molar-refractivity contribution in [3.8, 4) is 0 Å². The molecule has 3 aliphatic rings. The van der Waals surface area contributed by atoms with Gasteiger partial charge < -0.3 is 24.8 Å². The third-order valence-electron chi connectivity index (χ3n) is 6.45. The minimum absolute atomic E-state index is 0. The average Bonchev–Trinajstić information content (AvgIpc) is 3.41. The van der Waals surface area contributed by atoms with E-state index in [0.29, 0.717) is 0 Å². The number of ether oxygens (including phenoxy) is 1. The molecule has 0 saturated carbocycles. The molecule has 3 heterocycles. The zero-order chi connectivity index (χ0) is 21.0. The van der Waals surface area contributed by atoms with Crippen LogP contribution in [-0.4, -0.2) is 87.2 Å². The molecule has 3 saturated heterocycles. The Morgan fingerprint density at radius 1 is 1.13 bits per heavy atom. The van der Waals surface area contributed by atoms with E-state index in [1.54, 1.807) is 0 Å². The van der Waals surface area contributed by atoms with E-state index in [2.05, 4.69) is 27.0 Å². The van der Waals surface area contributed by atoms with Crippen molar-refractivity contribution in [1.29, 1.82) is 0 Å². The highest BCUT2D eigenvalue weighted by Crippen LogP contribution is 2.38. The van der Waals surface area contributed by atoms with Crippen molar-refractivity contribution < 1.29 is 9.53 Å². The molecule has 1 unspecified atom stereocenters. The first kappa shape index (κ1) is 24.4. The summed E-state index contributed by atoms with van der Waals surface area (Å²) in [6, 6.07) is 7.88. The van der Waals surface area contributed by atoms with Gasteiger partial charge in [-0.3, -0.25) is 4.79 Å². The van der Waals surface area contributed by atoms with E-state index >= 15 is 0 Å². The summed E-state index contributed by atoms with van der Waals surface area (Å²) in [5.74, 6) is 0.952. The van der Waals surface area contributed by atoms with Gasteiger partial charge in [-0.25, -0.2) is 4.99 Å². The number of guanidine groups is 1. The molecule has 31 heavy (non-hydrogen) atoms.